The predicted molar refractivity (Wildman–Crippen MR) is 75.2 cm³/mol. The quantitative estimate of drug-likeness (QED) is 0.699. The van der Waals surface area contributed by atoms with Crippen molar-refractivity contribution in [3.05, 3.63) is 59.9 Å². The Labute approximate surface area is 118 Å². The Morgan fingerprint density at radius 1 is 1.14 bits per heavy atom. The van der Waals surface area contributed by atoms with Crippen LogP contribution in [-0.2, 0) is 0 Å². The molecular weight excluding hydrogens is 273 g/mol. The fourth-order valence-electron chi connectivity index (χ4n) is 1.99. The number of benzene rings is 2. The number of aromatic hydroxyl groups is 1. The number of nitrogens with one attached hydrogen (secondary N) is 1. The van der Waals surface area contributed by atoms with Crippen LogP contribution in [0.3, 0.4) is 0 Å². The molecule has 0 atom stereocenters. The average molecular weight is 283 g/mol. The number of hydrogen-bond acceptors (Lipinski definition) is 3. The lowest BCUT2D eigenvalue weighted by Gasteiger charge is -1.94. The van der Waals surface area contributed by atoms with Gasteiger partial charge < -0.3 is 10.1 Å². The van der Waals surface area contributed by atoms with E-state index in [1.54, 1.807) is 24.3 Å². The Morgan fingerprint density at radius 2 is 1.95 bits per heavy atom. The summed E-state index contributed by atoms with van der Waals surface area (Å²) in [6, 6.07) is 12.3. The Morgan fingerprint density at radius 3 is 2.76 bits per heavy atom. The fourth-order valence-corrected chi connectivity index (χ4v) is 1.99. The van der Waals surface area contributed by atoms with Gasteiger partial charge in [0.25, 0.3) is 5.91 Å². The number of fused-ring (bicyclic) bond motifs is 1. The van der Waals surface area contributed by atoms with E-state index in [9.17, 15) is 14.3 Å². The van der Waals surface area contributed by atoms with E-state index in [4.69, 9.17) is 0 Å². The first-order chi connectivity index (χ1) is 10.1. The summed E-state index contributed by atoms with van der Waals surface area (Å²) in [5, 5.41) is 17.7. The fraction of sp³-hybridized carbons (Fsp3) is 0. The molecule has 3 aromatic rings. The van der Waals surface area contributed by atoms with Gasteiger partial charge in [-0.1, -0.05) is 24.3 Å². The molecule has 0 bridgehead atoms. The minimum atomic E-state index is -0.681. The summed E-state index contributed by atoms with van der Waals surface area (Å²) in [7, 11) is 0. The highest BCUT2D eigenvalue weighted by atomic mass is 19.1. The molecule has 0 aliphatic heterocycles. The van der Waals surface area contributed by atoms with Crippen LogP contribution in [0.5, 0.6) is 5.88 Å². The van der Waals surface area contributed by atoms with Crippen LogP contribution < -0.4 is 0 Å². The number of nitrogens with zero attached hydrogens (tertiary/aromatic N) is 2. The van der Waals surface area contributed by atoms with Crippen LogP contribution in [0.2, 0.25) is 0 Å². The molecule has 0 spiro atoms. The van der Waals surface area contributed by atoms with Gasteiger partial charge in [0.1, 0.15) is 5.82 Å². The molecule has 6 heteroatoms. The molecule has 21 heavy (non-hydrogen) atoms. The SMILES string of the molecule is O=C(N=Nc1c(O)[nH]c2ccccc12)c1cccc(F)c1. The van der Waals surface area contributed by atoms with Gasteiger partial charge in [0, 0.05) is 10.9 Å². The van der Waals surface area contributed by atoms with Gasteiger partial charge in [-0.2, -0.15) is 0 Å². The van der Waals surface area contributed by atoms with E-state index in [2.05, 4.69) is 15.2 Å². The molecule has 0 saturated carbocycles. The summed E-state index contributed by atoms with van der Waals surface area (Å²) >= 11 is 0. The molecule has 0 aliphatic rings. The van der Waals surface area contributed by atoms with Crippen molar-refractivity contribution in [1.82, 2.24) is 4.98 Å². The minimum absolute atomic E-state index is 0.0954. The van der Waals surface area contributed by atoms with Crippen LogP contribution in [0.25, 0.3) is 10.9 Å². The molecule has 1 amide bonds. The van der Waals surface area contributed by atoms with Gasteiger partial charge in [-0.05, 0) is 24.3 Å². The average Bonchev–Trinajstić information content (AvgIpc) is 2.80. The molecule has 3 rings (SSSR count). The number of para-hydroxylation sites is 1. The van der Waals surface area contributed by atoms with Gasteiger partial charge >= 0.3 is 0 Å². The van der Waals surface area contributed by atoms with Crippen molar-refractivity contribution in [3.8, 4) is 5.88 Å². The first-order valence-corrected chi connectivity index (χ1v) is 6.16. The molecule has 0 saturated heterocycles. The zero-order chi connectivity index (χ0) is 14.8. The lowest BCUT2D eigenvalue weighted by atomic mass is 10.2. The van der Waals surface area contributed by atoms with Crippen molar-refractivity contribution in [2.24, 2.45) is 10.2 Å². The highest BCUT2D eigenvalue weighted by Crippen LogP contribution is 2.35. The van der Waals surface area contributed by atoms with Crippen LogP contribution in [-0.4, -0.2) is 16.0 Å². The smallest absolute Gasteiger partial charge is 0.295 e. The molecule has 1 heterocycles. The van der Waals surface area contributed by atoms with Crippen LogP contribution in [0, 0.1) is 5.82 Å². The first-order valence-electron chi connectivity index (χ1n) is 6.16. The maximum atomic E-state index is 13.0. The third-order valence-electron chi connectivity index (χ3n) is 2.97. The summed E-state index contributed by atoms with van der Waals surface area (Å²) < 4.78 is 13.0. The van der Waals surface area contributed by atoms with Crippen LogP contribution in [0.15, 0.2) is 58.8 Å². The second-order valence-corrected chi connectivity index (χ2v) is 4.38. The van der Waals surface area contributed by atoms with Crippen molar-refractivity contribution in [1.29, 1.82) is 0 Å². The highest BCUT2D eigenvalue weighted by Gasteiger charge is 2.11. The van der Waals surface area contributed by atoms with Crippen molar-refractivity contribution in [2.45, 2.75) is 0 Å². The molecule has 1 aromatic heterocycles. The molecule has 104 valence electrons. The summed E-state index contributed by atoms with van der Waals surface area (Å²) in [5.41, 5.74) is 0.954. The number of rotatable bonds is 2. The minimum Gasteiger partial charge on any atom is -0.493 e. The van der Waals surface area contributed by atoms with Crippen LogP contribution >= 0.6 is 0 Å². The second-order valence-electron chi connectivity index (χ2n) is 4.38. The van der Waals surface area contributed by atoms with Gasteiger partial charge in [0.2, 0.25) is 5.88 Å². The van der Waals surface area contributed by atoms with Gasteiger partial charge in [-0.15, -0.1) is 10.2 Å². The maximum Gasteiger partial charge on any atom is 0.295 e. The standard InChI is InChI=1S/C15H10FN3O2/c16-10-5-3-4-9(8-10)14(20)19-18-13-11-6-1-2-7-12(11)17-15(13)21/h1-8,17,21H. The van der Waals surface area contributed by atoms with Crippen LogP contribution in [0.1, 0.15) is 10.4 Å². The van der Waals surface area contributed by atoms with E-state index < -0.39 is 11.7 Å². The molecule has 0 fully saturated rings. The van der Waals surface area contributed by atoms with Gasteiger partial charge in [-0.25, -0.2) is 4.39 Å². The molecule has 0 aliphatic carbocycles. The monoisotopic (exact) mass is 283 g/mol. The number of H-pyrrole nitrogens is 1. The third kappa shape index (κ3) is 2.51. The second kappa shape index (κ2) is 5.16. The molecule has 5 nitrogen and oxygen atoms in total. The number of aromatic nitrogens is 1. The predicted octanol–water partition coefficient (Wildman–Crippen LogP) is 3.94. The van der Waals surface area contributed by atoms with Gasteiger partial charge in [0.15, 0.2) is 5.69 Å². The molecule has 0 unspecified atom stereocenters. The van der Waals surface area contributed by atoms with Gasteiger partial charge in [-0.3, -0.25) is 4.79 Å². The summed E-state index contributed by atoms with van der Waals surface area (Å²) in [5.74, 6) is -1.38. The summed E-state index contributed by atoms with van der Waals surface area (Å²) in [4.78, 5) is 14.6. The van der Waals surface area contributed by atoms with E-state index in [1.807, 2.05) is 0 Å². The zero-order valence-corrected chi connectivity index (χ0v) is 10.7. The Hall–Kier alpha value is -3.02. The largest absolute Gasteiger partial charge is 0.493 e. The number of amides is 1. The van der Waals surface area contributed by atoms with E-state index in [0.29, 0.717) is 10.9 Å². The highest BCUT2D eigenvalue weighted by molar-refractivity contribution is 5.96. The lowest BCUT2D eigenvalue weighted by Crippen LogP contribution is -1.93. The molecular formula is C15H10FN3O2. The van der Waals surface area contributed by atoms with Gasteiger partial charge in [0.05, 0.1) is 5.52 Å². The number of carbonyl (C=O) groups excluding carboxylic acids is 1. The van der Waals surface area contributed by atoms with Crippen molar-refractivity contribution in [3.63, 3.8) is 0 Å². The number of carbonyl (C=O) groups is 1. The van der Waals surface area contributed by atoms with E-state index in [-0.39, 0.29) is 17.1 Å². The Balaban J connectivity index is 1.95. The first kappa shape index (κ1) is 13.0. The summed E-state index contributed by atoms with van der Waals surface area (Å²) in [6.07, 6.45) is 0. The number of azo groups is 1. The summed E-state index contributed by atoms with van der Waals surface area (Å²) in [6.45, 7) is 0. The van der Waals surface area contributed by atoms with E-state index in [1.165, 1.54) is 18.2 Å². The normalized spacial score (nSPS) is 11.3. The lowest BCUT2D eigenvalue weighted by molar-refractivity contribution is 0.0994. The van der Waals surface area contributed by atoms with Crippen molar-refractivity contribution < 1.29 is 14.3 Å². The van der Waals surface area contributed by atoms with E-state index in [0.717, 1.165) is 6.07 Å². The maximum absolute atomic E-state index is 13.0. The molecule has 2 N–H and O–H groups in total. The zero-order valence-electron chi connectivity index (χ0n) is 10.7. The Kier molecular flexibility index (Phi) is 3.19. The topological polar surface area (TPSA) is 77.8 Å². The van der Waals surface area contributed by atoms with Crippen LogP contribution in [0.4, 0.5) is 10.1 Å². The molecule has 0 radical (unpaired) electrons. The molecule has 2 aromatic carbocycles. The third-order valence-corrected chi connectivity index (χ3v) is 2.97. The Bertz CT molecular complexity index is 855. The number of aromatic amines is 1. The number of halogens is 1. The number of hydrogen-bond donors (Lipinski definition) is 2. The van der Waals surface area contributed by atoms with Crippen molar-refractivity contribution >= 4 is 22.5 Å². The van der Waals surface area contributed by atoms with E-state index >= 15 is 0 Å². The van der Waals surface area contributed by atoms with Crippen molar-refractivity contribution in [2.75, 3.05) is 0 Å².